The highest BCUT2D eigenvalue weighted by Crippen LogP contribution is 2.35. The highest BCUT2D eigenvalue weighted by atomic mass is 32.1. The lowest BCUT2D eigenvalue weighted by molar-refractivity contribution is -0.123. The Kier molecular flexibility index (Phi) is 8.05. The molecule has 2 saturated carbocycles. The van der Waals surface area contributed by atoms with Crippen LogP contribution in [0.25, 0.3) is 0 Å². The van der Waals surface area contributed by atoms with Gasteiger partial charge in [-0.2, -0.15) is 4.37 Å². The molecule has 2 aliphatic carbocycles. The van der Waals surface area contributed by atoms with E-state index in [9.17, 15) is 14.4 Å². The zero-order valence-corrected chi connectivity index (χ0v) is 21.1. The van der Waals surface area contributed by atoms with Crippen molar-refractivity contribution >= 4 is 40.6 Å². The predicted molar refractivity (Wildman–Crippen MR) is 139 cm³/mol. The number of anilines is 2. The third-order valence-corrected chi connectivity index (χ3v) is 8.18. The van der Waals surface area contributed by atoms with Gasteiger partial charge in [-0.05, 0) is 67.3 Å². The van der Waals surface area contributed by atoms with Crippen LogP contribution in [-0.2, 0) is 4.79 Å². The van der Waals surface area contributed by atoms with Gasteiger partial charge in [0.2, 0.25) is 5.91 Å². The van der Waals surface area contributed by atoms with Crippen LogP contribution in [0.1, 0.15) is 103 Å². The van der Waals surface area contributed by atoms with Gasteiger partial charge in [-0.25, -0.2) is 0 Å². The summed E-state index contributed by atoms with van der Waals surface area (Å²) in [7, 11) is 0. The SMILES string of the molecule is CC[C@@H](C(=O)NC1CCCC1)N(C(=O)c1snc(C(N)=O)c1N)c1ccc(C2CCCCC2)cc1. The van der Waals surface area contributed by atoms with Crippen LogP contribution in [0.5, 0.6) is 0 Å². The van der Waals surface area contributed by atoms with Crippen molar-refractivity contribution in [2.24, 2.45) is 5.73 Å². The summed E-state index contributed by atoms with van der Waals surface area (Å²) in [6.07, 6.45) is 10.6. The molecule has 0 bridgehead atoms. The Hall–Kier alpha value is -2.94. The average molecular weight is 498 g/mol. The summed E-state index contributed by atoms with van der Waals surface area (Å²) < 4.78 is 3.99. The molecule has 35 heavy (non-hydrogen) atoms. The van der Waals surface area contributed by atoms with Crippen LogP contribution in [0.2, 0.25) is 0 Å². The van der Waals surface area contributed by atoms with Crippen LogP contribution < -0.4 is 21.7 Å². The average Bonchev–Trinajstić information content (AvgIpc) is 3.52. The number of primary amides is 1. The molecule has 3 amide bonds. The van der Waals surface area contributed by atoms with Crippen molar-refractivity contribution in [2.45, 2.75) is 89.1 Å². The molecular weight excluding hydrogens is 462 g/mol. The lowest BCUT2D eigenvalue weighted by Crippen LogP contribution is -2.51. The molecule has 0 aliphatic heterocycles. The Morgan fingerprint density at radius 3 is 2.26 bits per heavy atom. The van der Waals surface area contributed by atoms with Crippen molar-refractivity contribution in [3.05, 3.63) is 40.4 Å². The molecular formula is C26H35N5O3S. The first kappa shape index (κ1) is 25.2. The number of nitrogen functional groups attached to an aromatic ring is 1. The van der Waals surface area contributed by atoms with Gasteiger partial charge in [-0.3, -0.25) is 19.3 Å². The lowest BCUT2D eigenvalue weighted by atomic mass is 9.84. The molecule has 5 N–H and O–H groups in total. The first-order valence-electron chi connectivity index (χ1n) is 12.7. The summed E-state index contributed by atoms with van der Waals surface area (Å²) in [5.74, 6) is -0.884. The third kappa shape index (κ3) is 5.50. The van der Waals surface area contributed by atoms with Gasteiger partial charge in [0, 0.05) is 11.7 Å². The zero-order chi connectivity index (χ0) is 24.9. The minimum atomic E-state index is -0.785. The number of benzene rings is 1. The lowest BCUT2D eigenvalue weighted by Gasteiger charge is -2.31. The molecule has 1 atom stereocenters. The van der Waals surface area contributed by atoms with Crippen LogP contribution in [0.4, 0.5) is 11.4 Å². The van der Waals surface area contributed by atoms with E-state index in [4.69, 9.17) is 11.5 Å². The molecule has 188 valence electrons. The molecule has 1 aromatic carbocycles. The van der Waals surface area contributed by atoms with E-state index in [0.717, 1.165) is 37.2 Å². The topological polar surface area (TPSA) is 131 Å². The number of nitrogens with two attached hydrogens (primary N) is 2. The molecule has 2 fully saturated rings. The fraction of sp³-hybridized carbons (Fsp3) is 0.538. The molecule has 2 aliphatic rings. The number of carbonyl (C=O) groups is 3. The van der Waals surface area contributed by atoms with Crippen molar-refractivity contribution in [1.29, 1.82) is 0 Å². The van der Waals surface area contributed by atoms with Crippen molar-refractivity contribution < 1.29 is 14.4 Å². The number of hydrogen-bond donors (Lipinski definition) is 3. The summed E-state index contributed by atoms with van der Waals surface area (Å²) in [6.45, 7) is 1.89. The molecule has 4 rings (SSSR count). The van der Waals surface area contributed by atoms with Crippen LogP contribution in [0.15, 0.2) is 24.3 Å². The van der Waals surface area contributed by atoms with Gasteiger partial charge < -0.3 is 16.8 Å². The summed E-state index contributed by atoms with van der Waals surface area (Å²) in [6, 6.07) is 7.38. The van der Waals surface area contributed by atoms with Crippen LogP contribution in [-0.4, -0.2) is 34.2 Å². The molecule has 1 heterocycles. The van der Waals surface area contributed by atoms with Gasteiger partial charge in [-0.15, -0.1) is 0 Å². The van der Waals surface area contributed by atoms with E-state index in [-0.39, 0.29) is 28.2 Å². The van der Waals surface area contributed by atoms with E-state index in [1.165, 1.54) is 42.6 Å². The second kappa shape index (κ2) is 11.2. The Morgan fingerprint density at radius 1 is 1.06 bits per heavy atom. The third-order valence-electron chi connectivity index (χ3n) is 7.32. The summed E-state index contributed by atoms with van der Waals surface area (Å²) in [5, 5.41) is 3.14. The largest absolute Gasteiger partial charge is 0.395 e. The Balaban J connectivity index is 1.67. The first-order valence-corrected chi connectivity index (χ1v) is 13.5. The second-order valence-electron chi connectivity index (χ2n) is 9.65. The van der Waals surface area contributed by atoms with Gasteiger partial charge in [-0.1, -0.05) is 51.2 Å². The molecule has 1 aromatic heterocycles. The highest BCUT2D eigenvalue weighted by molar-refractivity contribution is 7.09. The van der Waals surface area contributed by atoms with Crippen LogP contribution in [0, 0.1) is 0 Å². The molecule has 0 radical (unpaired) electrons. The number of aromatic nitrogens is 1. The monoisotopic (exact) mass is 497 g/mol. The summed E-state index contributed by atoms with van der Waals surface area (Å²) in [4.78, 5) is 40.5. The minimum Gasteiger partial charge on any atom is -0.395 e. The van der Waals surface area contributed by atoms with E-state index in [2.05, 4.69) is 21.8 Å². The second-order valence-corrected chi connectivity index (χ2v) is 10.4. The molecule has 8 nitrogen and oxygen atoms in total. The quantitative estimate of drug-likeness (QED) is 0.499. The molecule has 0 saturated heterocycles. The van der Waals surface area contributed by atoms with Crippen LogP contribution in [0.3, 0.4) is 0 Å². The zero-order valence-electron chi connectivity index (χ0n) is 20.3. The number of nitrogens with one attached hydrogen (secondary N) is 1. The Labute approximate surface area is 210 Å². The first-order chi connectivity index (χ1) is 16.9. The van der Waals surface area contributed by atoms with Crippen molar-refractivity contribution in [1.82, 2.24) is 9.69 Å². The van der Waals surface area contributed by atoms with Crippen LogP contribution >= 0.6 is 11.5 Å². The maximum atomic E-state index is 13.8. The highest BCUT2D eigenvalue weighted by Gasteiger charge is 2.35. The smallest absolute Gasteiger partial charge is 0.272 e. The van der Waals surface area contributed by atoms with E-state index in [1.807, 2.05) is 19.1 Å². The predicted octanol–water partition coefficient (Wildman–Crippen LogP) is 4.36. The summed E-state index contributed by atoms with van der Waals surface area (Å²) >= 11 is 0.835. The standard InChI is InChI=1S/C26H35N5O3S/c1-2-20(25(33)29-18-10-6-7-11-18)31(26(34)23-21(27)22(24(28)32)30-35-23)19-14-12-17(13-15-19)16-8-4-3-5-9-16/h12-16,18,20H,2-11,27H2,1H3,(H2,28,32)(H,29,33)/t20-/m0/s1. The van der Waals surface area contributed by atoms with Gasteiger partial charge in [0.15, 0.2) is 5.69 Å². The van der Waals surface area contributed by atoms with Crippen molar-refractivity contribution in [3.63, 3.8) is 0 Å². The normalized spacial score (nSPS) is 17.7. The van der Waals surface area contributed by atoms with Gasteiger partial charge >= 0.3 is 0 Å². The summed E-state index contributed by atoms with van der Waals surface area (Å²) in [5.41, 5.74) is 13.2. The number of carbonyl (C=O) groups excluding carboxylic acids is 3. The number of amides is 3. The van der Waals surface area contributed by atoms with Gasteiger partial charge in [0.1, 0.15) is 10.9 Å². The molecule has 2 aromatic rings. The maximum Gasteiger partial charge on any atom is 0.272 e. The molecule has 0 unspecified atom stereocenters. The van der Waals surface area contributed by atoms with Crippen molar-refractivity contribution in [2.75, 3.05) is 10.6 Å². The maximum absolute atomic E-state index is 13.8. The van der Waals surface area contributed by atoms with Gasteiger partial charge in [0.25, 0.3) is 11.8 Å². The van der Waals surface area contributed by atoms with E-state index in [0.29, 0.717) is 18.0 Å². The van der Waals surface area contributed by atoms with E-state index < -0.39 is 17.9 Å². The molecule has 9 heteroatoms. The van der Waals surface area contributed by atoms with Crippen molar-refractivity contribution in [3.8, 4) is 0 Å². The fourth-order valence-corrected chi connectivity index (χ4v) is 6.12. The van der Waals surface area contributed by atoms with E-state index >= 15 is 0 Å². The fourth-order valence-electron chi connectivity index (χ4n) is 5.37. The molecule has 0 spiro atoms. The number of rotatable bonds is 8. The van der Waals surface area contributed by atoms with Gasteiger partial charge in [0.05, 0.1) is 5.69 Å². The Morgan fingerprint density at radius 2 is 1.69 bits per heavy atom. The van der Waals surface area contributed by atoms with E-state index in [1.54, 1.807) is 0 Å². The minimum absolute atomic E-state index is 0.0395. The Bertz CT molecular complexity index is 1060. The number of nitrogens with zero attached hydrogens (tertiary/aromatic N) is 2. The number of hydrogen-bond acceptors (Lipinski definition) is 6.